The van der Waals surface area contributed by atoms with Crippen molar-refractivity contribution >= 4 is 17.6 Å². The molecule has 1 saturated heterocycles. The second-order valence-corrected chi connectivity index (χ2v) is 5.90. The van der Waals surface area contributed by atoms with Crippen LogP contribution in [0.15, 0.2) is 42.6 Å². The molecule has 1 aromatic carbocycles. The Morgan fingerprint density at radius 1 is 1.30 bits per heavy atom. The summed E-state index contributed by atoms with van der Waals surface area (Å²) in [6.45, 7) is 2.43. The largest absolute Gasteiger partial charge is 0.335 e. The molecule has 3 rings (SSSR count). The number of likely N-dealkylation sites (tertiary alicyclic amines) is 1. The Bertz CT molecular complexity index is 710. The van der Waals surface area contributed by atoms with Crippen LogP contribution in [0.1, 0.15) is 24.9 Å². The summed E-state index contributed by atoms with van der Waals surface area (Å²) in [6.07, 6.45) is 2.01. The highest BCUT2D eigenvalue weighted by Gasteiger charge is 2.37. The third-order valence-electron chi connectivity index (χ3n) is 4.24. The zero-order valence-electron chi connectivity index (χ0n) is 13.3. The van der Waals surface area contributed by atoms with Gasteiger partial charge in [0.25, 0.3) is 0 Å². The number of aryl methyl sites for hydroxylation is 1. The molecule has 6 nitrogen and oxygen atoms in total. The lowest BCUT2D eigenvalue weighted by atomic mass is 10.1. The van der Waals surface area contributed by atoms with Gasteiger partial charge in [0.05, 0.1) is 12.0 Å². The zero-order valence-corrected chi connectivity index (χ0v) is 13.3. The number of amides is 2. The summed E-state index contributed by atoms with van der Waals surface area (Å²) < 4.78 is 1.62. The molecule has 2 aromatic rings. The Balaban J connectivity index is 1.66. The third kappa shape index (κ3) is 3.26. The van der Waals surface area contributed by atoms with Gasteiger partial charge in [-0.3, -0.25) is 14.3 Å². The highest BCUT2D eigenvalue weighted by molar-refractivity contribution is 5.96. The number of benzene rings is 1. The second-order valence-electron chi connectivity index (χ2n) is 5.90. The van der Waals surface area contributed by atoms with Gasteiger partial charge in [-0.1, -0.05) is 30.3 Å². The lowest BCUT2D eigenvalue weighted by molar-refractivity contribution is -0.129. The molecule has 0 aliphatic carbocycles. The standard InChI is InChI=1S/C17H20N4O2/c1-12(13-6-4-3-5-7-13)21-11-14(10-16(21)22)17(23)18-15-8-9-20(2)19-15/h3-9,12,14H,10-11H2,1-2H3,(H,18,19,23)/t12-,14+/m1/s1. The molecule has 0 bridgehead atoms. The van der Waals surface area contributed by atoms with E-state index in [0.717, 1.165) is 5.56 Å². The van der Waals surface area contributed by atoms with Crippen molar-refractivity contribution in [3.05, 3.63) is 48.2 Å². The molecular formula is C17H20N4O2. The summed E-state index contributed by atoms with van der Waals surface area (Å²) in [7, 11) is 1.79. The first-order valence-electron chi connectivity index (χ1n) is 7.69. The molecule has 0 unspecified atom stereocenters. The number of nitrogens with one attached hydrogen (secondary N) is 1. The van der Waals surface area contributed by atoms with Gasteiger partial charge in [0.15, 0.2) is 5.82 Å². The molecule has 6 heteroatoms. The molecule has 1 fully saturated rings. The van der Waals surface area contributed by atoms with E-state index in [1.165, 1.54) is 0 Å². The van der Waals surface area contributed by atoms with Gasteiger partial charge in [-0.05, 0) is 12.5 Å². The fourth-order valence-corrected chi connectivity index (χ4v) is 2.90. The smallest absolute Gasteiger partial charge is 0.230 e. The van der Waals surface area contributed by atoms with Crippen LogP contribution in [0.25, 0.3) is 0 Å². The molecule has 0 radical (unpaired) electrons. The monoisotopic (exact) mass is 312 g/mol. The summed E-state index contributed by atoms with van der Waals surface area (Å²) in [5.74, 6) is 0.0394. The van der Waals surface area contributed by atoms with Crippen LogP contribution in [0.2, 0.25) is 0 Å². The molecule has 23 heavy (non-hydrogen) atoms. The highest BCUT2D eigenvalue weighted by Crippen LogP contribution is 2.28. The number of carbonyl (C=O) groups excluding carboxylic acids is 2. The average molecular weight is 312 g/mol. The van der Waals surface area contributed by atoms with E-state index in [1.54, 1.807) is 28.9 Å². The van der Waals surface area contributed by atoms with E-state index < -0.39 is 0 Å². The first kappa shape index (κ1) is 15.3. The third-order valence-corrected chi connectivity index (χ3v) is 4.24. The molecule has 1 N–H and O–H groups in total. The van der Waals surface area contributed by atoms with Crippen LogP contribution in [0.5, 0.6) is 0 Å². The molecule has 120 valence electrons. The van der Waals surface area contributed by atoms with E-state index in [-0.39, 0.29) is 30.2 Å². The van der Waals surface area contributed by atoms with Crippen molar-refractivity contribution in [3.63, 3.8) is 0 Å². The molecule has 1 aromatic heterocycles. The van der Waals surface area contributed by atoms with E-state index in [4.69, 9.17) is 0 Å². The van der Waals surface area contributed by atoms with Crippen molar-refractivity contribution in [1.82, 2.24) is 14.7 Å². The van der Waals surface area contributed by atoms with Gasteiger partial charge in [-0.2, -0.15) is 5.10 Å². The zero-order chi connectivity index (χ0) is 16.4. The predicted octanol–water partition coefficient (Wildman–Crippen LogP) is 1.97. The minimum atomic E-state index is -0.337. The van der Waals surface area contributed by atoms with Gasteiger partial charge in [0.2, 0.25) is 11.8 Å². The van der Waals surface area contributed by atoms with Gasteiger partial charge in [-0.25, -0.2) is 0 Å². The summed E-state index contributed by atoms with van der Waals surface area (Å²) in [5.41, 5.74) is 1.08. The van der Waals surface area contributed by atoms with Gasteiger partial charge in [0.1, 0.15) is 0 Å². The van der Waals surface area contributed by atoms with E-state index in [1.807, 2.05) is 37.3 Å². The van der Waals surface area contributed by atoms with Crippen molar-refractivity contribution in [1.29, 1.82) is 0 Å². The van der Waals surface area contributed by atoms with E-state index >= 15 is 0 Å². The molecule has 2 heterocycles. The van der Waals surface area contributed by atoms with Crippen LogP contribution in [-0.4, -0.2) is 33.0 Å². The quantitative estimate of drug-likeness (QED) is 0.938. The average Bonchev–Trinajstić information content (AvgIpc) is 3.13. The van der Waals surface area contributed by atoms with Crippen LogP contribution >= 0.6 is 0 Å². The van der Waals surface area contributed by atoms with E-state index in [9.17, 15) is 9.59 Å². The van der Waals surface area contributed by atoms with Gasteiger partial charge in [0, 0.05) is 32.3 Å². The molecule has 1 aliphatic heterocycles. The lowest BCUT2D eigenvalue weighted by Crippen LogP contribution is -2.30. The van der Waals surface area contributed by atoms with Crippen LogP contribution in [0, 0.1) is 5.92 Å². The van der Waals surface area contributed by atoms with E-state index in [0.29, 0.717) is 12.4 Å². The first-order valence-corrected chi connectivity index (χ1v) is 7.69. The number of hydrogen-bond acceptors (Lipinski definition) is 3. The molecule has 0 spiro atoms. The van der Waals surface area contributed by atoms with Gasteiger partial charge >= 0.3 is 0 Å². The minimum Gasteiger partial charge on any atom is -0.335 e. The Hall–Kier alpha value is -2.63. The van der Waals surface area contributed by atoms with Crippen LogP contribution in [-0.2, 0) is 16.6 Å². The lowest BCUT2D eigenvalue weighted by Gasteiger charge is -2.25. The normalized spacial score (nSPS) is 19.0. The maximum absolute atomic E-state index is 12.3. The molecule has 2 atom stereocenters. The van der Waals surface area contributed by atoms with Gasteiger partial charge < -0.3 is 10.2 Å². The summed E-state index contributed by atoms with van der Waals surface area (Å²) in [5, 5.41) is 6.90. The van der Waals surface area contributed by atoms with Crippen molar-refractivity contribution in [3.8, 4) is 0 Å². The first-order chi connectivity index (χ1) is 11.0. The molecule has 0 saturated carbocycles. The van der Waals surface area contributed by atoms with Crippen molar-refractivity contribution in [2.45, 2.75) is 19.4 Å². The number of hydrogen-bond donors (Lipinski definition) is 1. The Morgan fingerprint density at radius 2 is 2.04 bits per heavy atom. The Kier molecular flexibility index (Phi) is 4.14. The SMILES string of the molecule is C[C@H](c1ccccc1)N1C[C@@H](C(=O)Nc2ccn(C)n2)CC1=O. The Labute approximate surface area is 135 Å². The van der Waals surface area contributed by atoms with Crippen molar-refractivity contribution in [2.75, 3.05) is 11.9 Å². The van der Waals surface area contributed by atoms with Crippen molar-refractivity contribution < 1.29 is 9.59 Å². The van der Waals surface area contributed by atoms with Crippen LogP contribution in [0.4, 0.5) is 5.82 Å². The van der Waals surface area contributed by atoms with Gasteiger partial charge in [-0.15, -0.1) is 0 Å². The molecular weight excluding hydrogens is 292 g/mol. The fraction of sp³-hybridized carbons (Fsp3) is 0.353. The van der Waals surface area contributed by atoms with Crippen LogP contribution < -0.4 is 5.32 Å². The number of aromatic nitrogens is 2. The molecule has 1 aliphatic rings. The predicted molar refractivity (Wildman–Crippen MR) is 86.5 cm³/mol. The maximum atomic E-state index is 12.3. The number of rotatable bonds is 4. The fourth-order valence-electron chi connectivity index (χ4n) is 2.90. The van der Waals surface area contributed by atoms with Crippen LogP contribution in [0.3, 0.4) is 0 Å². The van der Waals surface area contributed by atoms with Crippen molar-refractivity contribution in [2.24, 2.45) is 13.0 Å². The second kappa shape index (κ2) is 6.24. The highest BCUT2D eigenvalue weighted by atomic mass is 16.2. The summed E-state index contributed by atoms with van der Waals surface area (Å²) >= 11 is 0. The maximum Gasteiger partial charge on any atom is 0.230 e. The number of anilines is 1. The summed E-state index contributed by atoms with van der Waals surface area (Å²) in [4.78, 5) is 26.4. The topological polar surface area (TPSA) is 67.2 Å². The Morgan fingerprint density at radius 3 is 2.70 bits per heavy atom. The minimum absolute atomic E-state index is 0.0162. The summed E-state index contributed by atoms with van der Waals surface area (Å²) in [6, 6.07) is 11.6. The number of nitrogens with zero attached hydrogens (tertiary/aromatic N) is 3. The van der Waals surface area contributed by atoms with E-state index in [2.05, 4.69) is 10.4 Å². The molecule has 2 amide bonds. The number of carbonyl (C=O) groups is 2.